The Bertz CT molecular complexity index is 339. The van der Waals surface area contributed by atoms with Crippen LogP contribution in [0.5, 0.6) is 0 Å². The summed E-state index contributed by atoms with van der Waals surface area (Å²) in [7, 11) is 0. The van der Waals surface area contributed by atoms with Gasteiger partial charge in [-0.3, -0.25) is 0 Å². The number of hydrogen-bond acceptors (Lipinski definition) is 1. The lowest BCUT2D eigenvalue weighted by molar-refractivity contribution is 0.301. The second-order valence-electron chi connectivity index (χ2n) is 6.15. The van der Waals surface area contributed by atoms with Crippen LogP contribution >= 0.6 is 0 Å². The van der Waals surface area contributed by atoms with Crippen molar-refractivity contribution in [1.29, 1.82) is 0 Å². The third-order valence-electron chi connectivity index (χ3n) is 3.94. The van der Waals surface area contributed by atoms with Crippen molar-refractivity contribution in [3.05, 3.63) is 18.2 Å². The summed E-state index contributed by atoms with van der Waals surface area (Å²) in [4.78, 5) is 4.38. The van der Waals surface area contributed by atoms with Crippen molar-refractivity contribution in [2.24, 2.45) is 0 Å². The number of rotatable bonds is 8. The highest BCUT2D eigenvalue weighted by Crippen LogP contribution is 2.29. The van der Waals surface area contributed by atoms with Crippen LogP contribution in [0.3, 0.4) is 0 Å². The van der Waals surface area contributed by atoms with E-state index in [9.17, 15) is 0 Å². The van der Waals surface area contributed by atoms with E-state index < -0.39 is 0 Å². The molecule has 2 nitrogen and oxygen atoms in total. The fourth-order valence-electron chi connectivity index (χ4n) is 2.68. The zero-order valence-electron chi connectivity index (χ0n) is 12.9. The molecule has 1 rings (SSSR count). The maximum Gasteiger partial charge on any atom is 0.0953 e. The zero-order chi connectivity index (χ0) is 13.6. The van der Waals surface area contributed by atoms with E-state index in [2.05, 4.69) is 50.4 Å². The summed E-state index contributed by atoms with van der Waals surface area (Å²) in [6.07, 6.45) is 11.7. The van der Waals surface area contributed by atoms with Gasteiger partial charge in [0.15, 0.2) is 0 Å². The minimum absolute atomic E-state index is 0.197. The first-order chi connectivity index (χ1) is 8.53. The average molecular weight is 250 g/mol. The Morgan fingerprint density at radius 1 is 1.22 bits per heavy atom. The fraction of sp³-hybridized carbons (Fsp3) is 0.812. The molecule has 1 atom stereocenters. The van der Waals surface area contributed by atoms with Gasteiger partial charge in [-0.15, -0.1) is 0 Å². The molecule has 0 radical (unpaired) electrons. The smallest absolute Gasteiger partial charge is 0.0953 e. The Morgan fingerprint density at radius 3 is 2.56 bits per heavy atom. The van der Waals surface area contributed by atoms with Gasteiger partial charge in [0.25, 0.3) is 0 Å². The lowest BCUT2D eigenvalue weighted by Crippen LogP contribution is -2.28. The third-order valence-corrected chi connectivity index (χ3v) is 3.94. The summed E-state index contributed by atoms with van der Waals surface area (Å²) in [5.74, 6) is 0.614. The summed E-state index contributed by atoms with van der Waals surface area (Å²) in [5, 5.41) is 0. The van der Waals surface area contributed by atoms with Gasteiger partial charge in [-0.1, -0.05) is 46.5 Å². The third kappa shape index (κ3) is 3.86. The van der Waals surface area contributed by atoms with Crippen LogP contribution in [0.15, 0.2) is 12.5 Å². The summed E-state index contributed by atoms with van der Waals surface area (Å²) in [5.41, 5.74) is 1.60. The van der Waals surface area contributed by atoms with Crippen LogP contribution in [-0.2, 0) is 5.54 Å². The summed E-state index contributed by atoms with van der Waals surface area (Å²) in [6.45, 7) is 11.5. The van der Waals surface area contributed by atoms with Gasteiger partial charge in [-0.2, -0.15) is 0 Å². The van der Waals surface area contributed by atoms with Gasteiger partial charge in [-0.25, -0.2) is 4.98 Å². The molecule has 0 aliphatic rings. The molecular formula is C16H30N2. The molecule has 0 saturated carbocycles. The second kappa shape index (κ2) is 6.96. The highest BCUT2D eigenvalue weighted by molar-refractivity contribution is 5.08. The average Bonchev–Trinajstić information content (AvgIpc) is 2.79. The molecule has 1 unspecified atom stereocenters. The Labute approximate surface area is 113 Å². The predicted molar refractivity (Wildman–Crippen MR) is 79.0 cm³/mol. The molecule has 0 aliphatic heterocycles. The SMILES string of the molecule is CCCCCC(C)(C)n1cncc1C(C)CCC. The minimum Gasteiger partial charge on any atom is -0.329 e. The fourth-order valence-corrected chi connectivity index (χ4v) is 2.68. The van der Waals surface area contributed by atoms with Crippen molar-refractivity contribution in [1.82, 2.24) is 9.55 Å². The minimum atomic E-state index is 0.197. The van der Waals surface area contributed by atoms with Crippen molar-refractivity contribution in [3.63, 3.8) is 0 Å². The maximum atomic E-state index is 4.38. The molecule has 0 aromatic carbocycles. The Kier molecular flexibility index (Phi) is 5.90. The van der Waals surface area contributed by atoms with Crippen LogP contribution in [0.1, 0.15) is 84.8 Å². The van der Waals surface area contributed by atoms with E-state index in [-0.39, 0.29) is 5.54 Å². The molecule has 18 heavy (non-hydrogen) atoms. The summed E-state index contributed by atoms with van der Waals surface area (Å²) < 4.78 is 2.41. The van der Waals surface area contributed by atoms with Gasteiger partial charge in [0.2, 0.25) is 0 Å². The van der Waals surface area contributed by atoms with Gasteiger partial charge < -0.3 is 4.57 Å². The van der Waals surface area contributed by atoms with E-state index >= 15 is 0 Å². The molecule has 0 N–H and O–H groups in total. The predicted octanol–water partition coefficient (Wildman–Crippen LogP) is 5.10. The van der Waals surface area contributed by atoms with Gasteiger partial charge in [0, 0.05) is 17.4 Å². The normalized spacial score (nSPS) is 13.8. The summed E-state index contributed by atoms with van der Waals surface area (Å²) in [6, 6.07) is 0. The van der Waals surface area contributed by atoms with Crippen LogP contribution < -0.4 is 0 Å². The molecule has 1 aromatic heterocycles. The zero-order valence-corrected chi connectivity index (χ0v) is 12.9. The molecule has 104 valence electrons. The molecule has 0 aliphatic carbocycles. The van der Waals surface area contributed by atoms with E-state index in [0.717, 1.165) is 0 Å². The van der Waals surface area contributed by atoms with Crippen molar-refractivity contribution < 1.29 is 0 Å². The number of hydrogen-bond donors (Lipinski definition) is 0. The maximum absolute atomic E-state index is 4.38. The highest BCUT2D eigenvalue weighted by atomic mass is 15.1. The van der Waals surface area contributed by atoms with Gasteiger partial charge in [0.1, 0.15) is 0 Å². The molecule has 0 spiro atoms. The van der Waals surface area contributed by atoms with E-state index in [4.69, 9.17) is 0 Å². The first-order valence-electron chi connectivity index (χ1n) is 7.55. The standard InChI is InChI=1S/C16H30N2/c1-6-8-9-11-16(4,5)18-13-17-12-15(18)14(3)10-7-2/h12-14H,6-11H2,1-5H3. The van der Waals surface area contributed by atoms with Crippen LogP contribution in [-0.4, -0.2) is 9.55 Å². The topological polar surface area (TPSA) is 17.8 Å². The molecule has 1 aromatic rings. The van der Waals surface area contributed by atoms with Crippen LogP contribution in [0, 0.1) is 0 Å². The number of unbranched alkanes of at least 4 members (excludes halogenated alkanes) is 2. The number of imidazole rings is 1. The first kappa shape index (κ1) is 15.3. The number of aromatic nitrogens is 2. The monoisotopic (exact) mass is 250 g/mol. The van der Waals surface area contributed by atoms with Gasteiger partial charge in [0.05, 0.1) is 6.33 Å². The highest BCUT2D eigenvalue weighted by Gasteiger charge is 2.23. The van der Waals surface area contributed by atoms with Crippen molar-refractivity contribution >= 4 is 0 Å². The lowest BCUT2D eigenvalue weighted by atomic mass is 9.94. The molecular weight excluding hydrogens is 220 g/mol. The van der Waals surface area contributed by atoms with E-state index in [1.54, 1.807) is 0 Å². The Morgan fingerprint density at radius 2 is 1.94 bits per heavy atom. The van der Waals surface area contributed by atoms with Crippen molar-refractivity contribution in [2.75, 3.05) is 0 Å². The van der Waals surface area contributed by atoms with Crippen LogP contribution in [0.2, 0.25) is 0 Å². The molecule has 1 heterocycles. The van der Waals surface area contributed by atoms with Crippen LogP contribution in [0.4, 0.5) is 0 Å². The van der Waals surface area contributed by atoms with Crippen molar-refractivity contribution in [2.45, 2.75) is 84.6 Å². The van der Waals surface area contributed by atoms with E-state index in [0.29, 0.717) is 5.92 Å². The quantitative estimate of drug-likeness (QED) is 0.587. The molecule has 0 fully saturated rings. The van der Waals surface area contributed by atoms with Gasteiger partial charge in [-0.05, 0) is 32.6 Å². The molecule has 0 saturated heterocycles. The van der Waals surface area contributed by atoms with E-state index in [1.807, 2.05) is 6.33 Å². The largest absolute Gasteiger partial charge is 0.329 e. The first-order valence-corrected chi connectivity index (χ1v) is 7.55. The second-order valence-corrected chi connectivity index (χ2v) is 6.15. The number of nitrogens with zero attached hydrogens (tertiary/aromatic N) is 2. The lowest BCUT2D eigenvalue weighted by Gasteiger charge is -2.30. The summed E-state index contributed by atoms with van der Waals surface area (Å²) >= 11 is 0. The molecule has 0 bridgehead atoms. The van der Waals surface area contributed by atoms with Crippen LogP contribution in [0.25, 0.3) is 0 Å². The van der Waals surface area contributed by atoms with E-state index in [1.165, 1.54) is 44.2 Å². The molecule has 0 amide bonds. The molecule has 2 heteroatoms. The Hall–Kier alpha value is -0.790. The van der Waals surface area contributed by atoms with Crippen molar-refractivity contribution in [3.8, 4) is 0 Å². The van der Waals surface area contributed by atoms with Gasteiger partial charge >= 0.3 is 0 Å². The Balaban J connectivity index is 2.78.